The quantitative estimate of drug-likeness (QED) is 0.826. The Balaban J connectivity index is 2.36. The van der Waals surface area contributed by atoms with E-state index in [2.05, 4.69) is 57.5 Å². The van der Waals surface area contributed by atoms with E-state index >= 15 is 0 Å². The molecule has 80 valence electrons. The van der Waals surface area contributed by atoms with Gasteiger partial charge in [0, 0.05) is 11.0 Å². The van der Waals surface area contributed by atoms with Crippen LogP contribution in [0, 0.1) is 5.92 Å². The van der Waals surface area contributed by atoms with Crippen LogP contribution in [0.25, 0.3) is 11.0 Å². The van der Waals surface area contributed by atoms with Gasteiger partial charge in [-0.05, 0) is 24.1 Å². The molecule has 0 bridgehead atoms. The predicted molar refractivity (Wildman–Crippen MR) is 66.9 cm³/mol. The molecule has 15 heavy (non-hydrogen) atoms. The van der Waals surface area contributed by atoms with E-state index < -0.39 is 0 Å². The normalized spacial score (nSPS) is 13.3. The molecule has 2 rings (SSSR count). The van der Waals surface area contributed by atoms with E-state index in [1.54, 1.807) is 0 Å². The van der Waals surface area contributed by atoms with Gasteiger partial charge in [-0.1, -0.05) is 36.2 Å². The van der Waals surface area contributed by atoms with Crippen molar-refractivity contribution in [1.29, 1.82) is 0 Å². The van der Waals surface area contributed by atoms with Crippen molar-refractivity contribution in [2.24, 2.45) is 5.92 Å². The van der Waals surface area contributed by atoms with E-state index in [-0.39, 0.29) is 0 Å². The van der Waals surface area contributed by atoms with Gasteiger partial charge in [-0.2, -0.15) is 0 Å². The van der Waals surface area contributed by atoms with Crippen LogP contribution in [0.1, 0.15) is 20.3 Å². The summed E-state index contributed by atoms with van der Waals surface area (Å²) in [7, 11) is 0. The molecule has 0 N–H and O–H groups in total. The summed E-state index contributed by atoms with van der Waals surface area (Å²) in [6.45, 7) is 5.54. The number of aromatic nitrogens is 2. The summed E-state index contributed by atoms with van der Waals surface area (Å²) in [5.41, 5.74) is 2.28. The fraction of sp³-hybridized carbons (Fsp3) is 0.417. The van der Waals surface area contributed by atoms with Crippen LogP contribution in [0.15, 0.2) is 29.0 Å². The van der Waals surface area contributed by atoms with Gasteiger partial charge < -0.3 is 4.57 Å². The molecule has 0 aliphatic heterocycles. The Labute approximate surface area is 98.4 Å². The number of hydrogen-bond acceptors (Lipinski definition) is 1. The smallest absolute Gasteiger partial charge is 0.0958 e. The lowest BCUT2D eigenvalue weighted by atomic mass is 10.1. The Morgan fingerprint density at radius 1 is 1.47 bits per heavy atom. The highest BCUT2D eigenvalue weighted by atomic mass is 79.9. The van der Waals surface area contributed by atoms with Crippen molar-refractivity contribution in [3.63, 3.8) is 0 Å². The number of halogens is 1. The molecule has 0 amide bonds. The van der Waals surface area contributed by atoms with E-state index in [0.717, 1.165) is 16.5 Å². The summed E-state index contributed by atoms with van der Waals surface area (Å²) in [5, 5.41) is 0. The average Bonchev–Trinajstić information content (AvgIpc) is 2.60. The first-order valence-corrected chi connectivity index (χ1v) is 6.10. The molecular formula is C12H15BrN2. The molecule has 2 aromatic rings. The van der Waals surface area contributed by atoms with Crippen LogP contribution in [0.2, 0.25) is 0 Å². The van der Waals surface area contributed by atoms with E-state index in [1.807, 2.05) is 6.33 Å². The van der Waals surface area contributed by atoms with Crippen molar-refractivity contribution in [2.75, 3.05) is 0 Å². The molecular weight excluding hydrogens is 252 g/mol. The number of nitrogens with zero attached hydrogens (tertiary/aromatic N) is 2. The Morgan fingerprint density at radius 2 is 2.27 bits per heavy atom. The van der Waals surface area contributed by atoms with Crippen LogP contribution >= 0.6 is 15.9 Å². The summed E-state index contributed by atoms with van der Waals surface area (Å²) < 4.78 is 3.32. The molecule has 0 radical (unpaired) electrons. The maximum absolute atomic E-state index is 4.40. The van der Waals surface area contributed by atoms with Gasteiger partial charge in [0.2, 0.25) is 0 Å². The van der Waals surface area contributed by atoms with E-state index in [9.17, 15) is 0 Å². The van der Waals surface area contributed by atoms with Gasteiger partial charge in [-0.25, -0.2) is 4.98 Å². The number of hydrogen-bond donors (Lipinski definition) is 0. The summed E-state index contributed by atoms with van der Waals surface area (Å²) in [4.78, 5) is 4.40. The predicted octanol–water partition coefficient (Wildman–Crippen LogP) is 3.84. The third-order valence-corrected chi connectivity index (χ3v) is 3.28. The van der Waals surface area contributed by atoms with Crippen LogP contribution in [0.4, 0.5) is 0 Å². The fourth-order valence-electron chi connectivity index (χ4n) is 1.65. The molecule has 1 aromatic heterocycles. The zero-order valence-corrected chi connectivity index (χ0v) is 10.7. The number of imidazole rings is 1. The monoisotopic (exact) mass is 266 g/mol. The Bertz CT molecular complexity index is 462. The summed E-state index contributed by atoms with van der Waals surface area (Å²) >= 11 is 3.46. The van der Waals surface area contributed by atoms with Gasteiger partial charge in [0.25, 0.3) is 0 Å². The fourth-order valence-corrected chi connectivity index (χ4v) is 2.00. The SMILES string of the molecule is CCC(C)Cn1cnc2cc(Br)ccc21. The van der Waals surface area contributed by atoms with Gasteiger partial charge in [-0.3, -0.25) is 0 Å². The molecule has 3 heteroatoms. The third kappa shape index (κ3) is 2.23. The van der Waals surface area contributed by atoms with Crippen molar-refractivity contribution < 1.29 is 0 Å². The topological polar surface area (TPSA) is 17.8 Å². The second-order valence-electron chi connectivity index (χ2n) is 4.04. The standard InChI is InChI=1S/C12H15BrN2/c1-3-9(2)7-15-8-14-11-6-10(13)4-5-12(11)15/h4-6,8-9H,3,7H2,1-2H3. The van der Waals surface area contributed by atoms with Crippen LogP contribution in [0.5, 0.6) is 0 Å². The highest BCUT2D eigenvalue weighted by Crippen LogP contribution is 2.19. The Morgan fingerprint density at radius 3 is 3.00 bits per heavy atom. The molecule has 0 saturated carbocycles. The first-order chi connectivity index (χ1) is 7.20. The van der Waals surface area contributed by atoms with Gasteiger partial charge >= 0.3 is 0 Å². The second-order valence-corrected chi connectivity index (χ2v) is 4.96. The maximum atomic E-state index is 4.40. The Kier molecular flexibility index (Phi) is 3.10. The number of rotatable bonds is 3. The first kappa shape index (κ1) is 10.7. The summed E-state index contributed by atoms with van der Waals surface area (Å²) in [6.07, 6.45) is 3.14. The van der Waals surface area contributed by atoms with Gasteiger partial charge in [0.15, 0.2) is 0 Å². The molecule has 1 heterocycles. The molecule has 0 aliphatic rings. The second kappa shape index (κ2) is 4.35. The largest absolute Gasteiger partial charge is 0.330 e. The minimum absolute atomic E-state index is 0.700. The summed E-state index contributed by atoms with van der Waals surface area (Å²) in [6, 6.07) is 6.24. The lowest BCUT2D eigenvalue weighted by molar-refractivity contribution is 0.476. The van der Waals surface area contributed by atoms with Gasteiger partial charge in [-0.15, -0.1) is 0 Å². The van der Waals surface area contributed by atoms with Crippen molar-refractivity contribution in [1.82, 2.24) is 9.55 Å². The molecule has 0 fully saturated rings. The van der Waals surface area contributed by atoms with E-state index in [4.69, 9.17) is 0 Å². The highest BCUT2D eigenvalue weighted by Gasteiger charge is 2.05. The van der Waals surface area contributed by atoms with E-state index in [1.165, 1.54) is 11.9 Å². The zero-order chi connectivity index (χ0) is 10.8. The molecule has 0 saturated heterocycles. The van der Waals surface area contributed by atoms with Crippen LogP contribution in [-0.4, -0.2) is 9.55 Å². The van der Waals surface area contributed by atoms with Gasteiger partial charge in [0.1, 0.15) is 0 Å². The van der Waals surface area contributed by atoms with Crippen LogP contribution in [0.3, 0.4) is 0 Å². The van der Waals surface area contributed by atoms with Crippen LogP contribution in [-0.2, 0) is 6.54 Å². The minimum atomic E-state index is 0.700. The van der Waals surface area contributed by atoms with Crippen LogP contribution < -0.4 is 0 Å². The average molecular weight is 267 g/mol. The molecule has 1 aromatic carbocycles. The van der Waals surface area contributed by atoms with Crippen molar-refractivity contribution >= 4 is 27.0 Å². The first-order valence-electron chi connectivity index (χ1n) is 5.31. The maximum Gasteiger partial charge on any atom is 0.0958 e. The number of benzene rings is 1. The van der Waals surface area contributed by atoms with E-state index in [0.29, 0.717) is 5.92 Å². The third-order valence-electron chi connectivity index (χ3n) is 2.79. The molecule has 2 nitrogen and oxygen atoms in total. The number of fused-ring (bicyclic) bond motifs is 1. The van der Waals surface area contributed by atoms with Crippen molar-refractivity contribution in [2.45, 2.75) is 26.8 Å². The zero-order valence-electron chi connectivity index (χ0n) is 9.07. The minimum Gasteiger partial charge on any atom is -0.330 e. The molecule has 1 atom stereocenters. The molecule has 0 spiro atoms. The molecule has 1 unspecified atom stereocenters. The lowest BCUT2D eigenvalue weighted by Gasteiger charge is -2.09. The highest BCUT2D eigenvalue weighted by molar-refractivity contribution is 9.10. The Hall–Kier alpha value is -0.830. The van der Waals surface area contributed by atoms with Crippen molar-refractivity contribution in [3.8, 4) is 0 Å². The lowest BCUT2D eigenvalue weighted by Crippen LogP contribution is -2.05. The van der Waals surface area contributed by atoms with Crippen molar-refractivity contribution in [3.05, 3.63) is 29.0 Å². The van der Waals surface area contributed by atoms with Gasteiger partial charge in [0.05, 0.1) is 17.4 Å². The molecule has 0 aliphatic carbocycles. The summed E-state index contributed by atoms with van der Waals surface area (Å²) in [5.74, 6) is 0.700.